The van der Waals surface area contributed by atoms with Crippen molar-refractivity contribution in [1.29, 1.82) is 0 Å². The molecular formula is C21H19N7O3. The van der Waals surface area contributed by atoms with Crippen LogP contribution in [0.5, 0.6) is 11.5 Å². The molecule has 4 aromatic rings. The van der Waals surface area contributed by atoms with Gasteiger partial charge in [-0.3, -0.25) is 14.3 Å². The zero-order chi connectivity index (χ0) is 21.4. The molecule has 1 aliphatic heterocycles. The Morgan fingerprint density at radius 2 is 2.00 bits per heavy atom. The highest BCUT2D eigenvalue weighted by Gasteiger charge is 2.31. The van der Waals surface area contributed by atoms with Crippen LogP contribution in [-0.4, -0.2) is 51.2 Å². The van der Waals surface area contributed by atoms with Crippen molar-refractivity contribution < 1.29 is 14.3 Å². The molecule has 0 amide bonds. The molecule has 10 heteroatoms. The summed E-state index contributed by atoms with van der Waals surface area (Å²) in [7, 11) is 3.16. The van der Waals surface area contributed by atoms with Crippen LogP contribution in [0, 0.1) is 0 Å². The first-order valence-corrected chi connectivity index (χ1v) is 9.55. The number of rotatable bonds is 6. The van der Waals surface area contributed by atoms with Gasteiger partial charge in [-0.25, -0.2) is 9.97 Å². The number of nitrogens with one attached hydrogen (secondary N) is 1. The molecule has 1 unspecified atom stereocenters. The van der Waals surface area contributed by atoms with E-state index in [0.29, 0.717) is 35.5 Å². The number of hydrogen-bond acceptors (Lipinski definition) is 9. The van der Waals surface area contributed by atoms with E-state index in [9.17, 15) is 4.79 Å². The van der Waals surface area contributed by atoms with Gasteiger partial charge in [-0.05, 0) is 11.6 Å². The Kier molecular flexibility index (Phi) is 4.58. The monoisotopic (exact) mass is 417 g/mol. The number of fused-ring (bicyclic) bond motifs is 2. The lowest BCUT2D eigenvalue weighted by atomic mass is 10.2. The summed E-state index contributed by atoms with van der Waals surface area (Å²) < 4.78 is 12.5. The minimum atomic E-state index is -0.538. The second kappa shape index (κ2) is 7.56. The summed E-state index contributed by atoms with van der Waals surface area (Å²) in [5.74, 6) is 2.24. The summed E-state index contributed by atoms with van der Waals surface area (Å²) in [6.45, 7) is 0.476. The van der Waals surface area contributed by atoms with Crippen LogP contribution in [0.1, 0.15) is 5.56 Å². The van der Waals surface area contributed by atoms with Crippen LogP contribution in [0.4, 0.5) is 11.5 Å². The largest absolute Gasteiger partial charge is 0.493 e. The number of nitrogens with zero attached hydrogens (tertiary/aromatic N) is 6. The highest BCUT2D eigenvalue weighted by molar-refractivity contribution is 5.83. The van der Waals surface area contributed by atoms with Crippen molar-refractivity contribution >= 4 is 28.8 Å². The van der Waals surface area contributed by atoms with E-state index in [4.69, 9.17) is 14.5 Å². The summed E-state index contributed by atoms with van der Waals surface area (Å²) >= 11 is 0. The number of pyridine rings is 1. The second-order valence-corrected chi connectivity index (χ2v) is 6.93. The molecule has 156 valence electrons. The van der Waals surface area contributed by atoms with E-state index in [0.717, 1.165) is 22.9 Å². The number of carbonyl (C=O) groups is 1. The Hall–Kier alpha value is -4.21. The van der Waals surface area contributed by atoms with Gasteiger partial charge in [-0.1, -0.05) is 6.07 Å². The lowest BCUT2D eigenvalue weighted by molar-refractivity contribution is -0.108. The van der Waals surface area contributed by atoms with Gasteiger partial charge in [0.05, 0.1) is 37.1 Å². The van der Waals surface area contributed by atoms with Gasteiger partial charge in [-0.2, -0.15) is 4.98 Å². The molecule has 0 aliphatic carbocycles. The molecular weight excluding hydrogens is 398 g/mol. The van der Waals surface area contributed by atoms with Gasteiger partial charge in [-0.15, -0.1) is 0 Å². The molecule has 5 rings (SSSR count). The van der Waals surface area contributed by atoms with E-state index < -0.39 is 6.17 Å². The van der Waals surface area contributed by atoms with Gasteiger partial charge in [0.25, 0.3) is 0 Å². The molecule has 0 saturated carbocycles. The molecule has 1 aliphatic rings. The van der Waals surface area contributed by atoms with Crippen molar-refractivity contribution in [3.8, 4) is 17.4 Å². The molecule has 0 fully saturated rings. The molecule has 0 saturated heterocycles. The topological polar surface area (TPSA) is 107 Å². The van der Waals surface area contributed by atoms with E-state index in [1.807, 2.05) is 23.1 Å². The highest BCUT2D eigenvalue weighted by Crippen LogP contribution is 2.35. The van der Waals surface area contributed by atoms with Crippen molar-refractivity contribution in [2.75, 3.05) is 24.4 Å². The summed E-state index contributed by atoms with van der Waals surface area (Å²) in [5.41, 5.74) is 3.15. The first kappa shape index (κ1) is 18.8. The number of carbonyl (C=O) groups excluding carboxylic acids is 1. The minimum absolute atomic E-state index is 0.429. The fourth-order valence-electron chi connectivity index (χ4n) is 3.63. The van der Waals surface area contributed by atoms with Crippen LogP contribution in [-0.2, 0) is 11.3 Å². The quantitative estimate of drug-likeness (QED) is 0.472. The minimum Gasteiger partial charge on any atom is -0.493 e. The highest BCUT2D eigenvalue weighted by atomic mass is 16.5. The third kappa shape index (κ3) is 3.18. The average Bonchev–Trinajstić information content (AvgIpc) is 3.39. The molecule has 0 radical (unpaired) electrons. The third-order valence-corrected chi connectivity index (χ3v) is 5.14. The Morgan fingerprint density at radius 1 is 1.16 bits per heavy atom. The SMILES string of the molecule is COc1cc2ncn(-c3ncc4c(n3)N(Cc3cccnc3)C(C=O)N4)c2cc1OC. The Labute approximate surface area is 177 Å². The van der Waals surface area contributed by atoms with E-state index >= 15 is 0 Å². The molecule has 1 N–H and O–H groups in total. The third-order valence-electron chi connectivity index (χ3n) is 5.14. The number of hydrogen-bond donors (Lipinski definition) is 1. The summed E-state index contributed by atoms with van der Waals surface area (Å²) in [6.07, 6.45) is 7.11. The van der Waals surface area contributed by atoms with Crippen LogP contribution < -0.4 is 19.7 Å². The smallest absolute Gasteiger partial charge is 0.237 e. The Bertz CT molecular complexity index is 1260. The van der Waals surface area contributed by atoms with Crippen LogP contribution in [0.3, 0.4) is 0 Å². The van der Waals surface area contributed by atoms with Crippen molar-refractivity contribution in [1.82, 2.24) is 24.5 Å². The zero-order valence-electron chi connectivity index (χ0n) is 16.9. The number of benzene rings is 1. The first-order valence-electron chi connectivity index (χ1n) is 9.55. The van der Waals surface area contributed by atoms with E-state index in [2.05, 4.69) is 20.3 Å². The summed E-state index contributed by atoms with van der Waals surface area (Å²) in [5, 5.41) is 3.15. The van der Waals surface area contributed by atoms with Gasteiger partial charge in [0.2, 0.25) is 5.95 Å². The van der Waals surface area contributed by atoms with E-state index in [1.165, 1.54) is 0 Å². The summed E-state index contributed by atoms with van der Waals surface area (Å²) in [4.78, 5) is 31.4. The number of aldehydes is 1. The maximum Gasteiger partial charge on any atom is 0.237 e. The molecule has 3 aromatic heterocycles. The number of aromatic nitrogens is 5. The second-order valence-electron chi connectivity index (χ2n) is 6.93. The van der Waals surface area contributed by atoms with Gasteiger partial charge in [0.15, 0.2) is 29.8 Å². The first-order chi connectivity index (χ1) is 15.2. The molecule has 31 heavy (non-hydrogen) atoms. The Balaban J connectivity index is 1.57. The standard InChI is InChI=1S/C21H19N7O3/c1-30-17-6-14-16(7-18(17)31-2)28(12-24-14)21-23-9-15-20(26-21)27(19(11-29)25-15)10-13-4-3-5-22-8-13/h3-9,11-12,19,25H,10H2,1-2H3. The molecule has 0 spiro atoms. The number of methoxy groups -OCH3 is 2. The molecule has 1 atom stereocenters. The molecule has 10 nitrogen and oxygen atoms in total. The molecule has 0 bridgehead atoms. The predicted octanol–water partition coefficient (Wildman–Crippen LogP) is 2.18. The zero-order valence-corrected chi connectivity index (χ0v) is 16.9. The predicted molar refractivity (Wildman–Crippen MR) is 114 cm³/mol. The van der Waals surface area contributed by atoms with Gasteiger partial charge in [0.1, 0.15) is 6.33 Å². The maximum atomic E-state index is 11.7. The van der Waals surface area contributed by atoms with Crippen LogP contribution in [0.2, 0.25) is 0 Å². The summed E-state index contributed by atoms with van der Waals surface area (Å²) in [6, 6.07) is 7.45. The van der Waals surface area contributed by atoms with Crippen molar-refractivity contribution in [2.45, 2.75) is 12.7 Å². The van der Waals surface area contributed by atoms with Gasteiger partial charge >= 0.3 is 0 Å². The fourth-order valence-corrected chi connectivity index (χ4v) is 3.63. The lowest BCUT2D eigenvalue weighted by Gasteiger charge is -2.21. The van der Waals surface area contributed by atoms with Crippen molar-refractivity contribution in [3.63, 3.8) is 0 Å². The fraction of sp³-hybridized carbons (Fsp3) is 0.190. The van der Waals surface area contributed by atoms with Crippen LogP contribution in [0.25, 0.3) is 17.0 Å². The Morgan fingerprint density at radius 3 is 2.74 bits per heavy atom. The van der Waals surface area contributed by atoms with Gasteiger partial charge in [0, 0.05) is 31.1 Å². The molecule has 1 aromatic carbocycles. The average molecular weight is 417 g/mol. The maximum absolute atomic E-state index is 11.7. The number of imidazole rings is 1. The molecule has 4 heterocycles. The normalized spacial score (nSPS) is 14.9. The van der Waals surface area contributed by atoms with Crippen molar-refractivity contribution in [2.24, 2.45) is 0 Å². The number of anilines is 2. The van der Waals surface area contributed by atoms with Crippen LogP contribution >= 0.6 is 0 Å². The van der Waals surface area contributed by atoms with E-state index in [-0.39, 0.29) is 0 Å². The number of ether oxygens (including phenoxy) is 2. The van der Waals surface area contributed by atoms with Crippen LogP contribution in [0.15, 0.2) is 49.2 Å². The van der Waals surface area contributed by atoms with Gasteiger partial charge < -0.3 is 19.7 Å². The lowest BCUT2D eigenvalue weighted by Crippen LogP contribution is -2.36. The van der Waals surface area contributed by atoms with Crippen molar-refractivity contribution in [3.05, 3.63) is 54.7 Å². The van der Waals surface area contributed by atoms with E-state index in [1.54, 1.807) is 49.8 Å².